The molecule has 3 aromatic rings. The van der Waals surface area contributed by atoms with Crippen LogP contribution in [0.2, 0.25) is 5.02 Å². The number of aromatic nitrogens is 1. The van der Waals surface area contributed by atoms with E-state index in [1.54, 1.807) is 24.3 Å². The third-order valence-corrected chi connectivity index (χ3v) is 7.16. The van der Waals surface area contributed by atoms with E-state index in [0.717, 1.165) is 6.26 Å². The topological polar surface area (TPSA) is 102 Å². The van der Waals surface area contributed by atoms with Crippen molar-refractivity contribution in [2.45, 2.75) is 16.3 Å². The first-order valence-corrected chi connectivity index (χ1v) is 12.1. The molecule has 1 N–H and O–H groups in total. The number of nitrogens with zero attached hydrogens (tertiary/aromatic N) is 1. The number of rotatable bonds is 6. The standard InChI is InChI=1S/C19H17ClN2O5S2/c1-28(24,25)17-8-4-5-9-18(17)29(26,27)21-15-10-11-19(23)22(13-15)12-14-6-2-3-7-16(14)20/h2-11,13,21H,12H2,1H3. The molecule has 0 spiro atoms. The Morgan fingerprint density at radius 3 is 2.17 bits per heavy atom. The molecule has 0 atom stereocenters. The average molecular weight is 453 g/mol. The Labute approximate surface area is 173 Å². The van der Waals surface area contributed by atoms with Crippen LogP contribution in [0.5, 0.6) is 0 Å². The molecular formula is C19H17ClN2O5S2. The second-order valence-electron chi connectivity index (χ2n) is 6.30. The van der Waals surface area contributed by atoms with Crippen molar-refractivity contribution in [1.29, 1.82) is 0 Å². The zero-order valence-electron chi connectivity index (χ0n) is 15.2. The minimum absolute atomic E-state index is 0.111. The molecule has 0 aliphatic rings. The average Bonchev–Trinajstić information content (AvgIpc) is 2.65. The maximum absolute atomic E-state index is 12.8. The van der Waals surface area contributed by atoms with Crippen LogP contribution in [0.1, 0.15) is 5.56 Å². The Hall–Kier alpha value is -2.62. The van der Waals surface area contributed by atoms with Gasteiger partial charge in [-0.25, -0.2) is 16.8 Å². The van der Waals surface area contributed by atoms with Crippen LogP contribution in [0.4, 0.5) is 5.69 Å². The SMILES string of the molecule is CS(=O)(=O)c1ccccc1S(=O)(=O)Nc1ccc(=O)n(Cc2ccccc2Cl)c1. The third kappa shape index (κ3) is 4.87. The van der Waals surface area contributed by atoms with Gasteiger partial charge in [-0.3, -0.25) is 9.52 Å². The predicted octanol–water partition coefficient (Wildman–Crippen LogP) is 2.75. The summed E-state index contributed by atoms with van der Waals surface area (Å²) in [7, 11) is -7.97. The van der Waals surface area contributed by atoms with Crippen molar-refractivity contribution in [2.24, 2.45) is 0 Å². The molecule has 3 rings (SSSR count). The summed E-state index contributed by atoms with van der Waals surface area (Å²) in [4.78, 5) is 11.5. The monoisotopic (exact) mass is 452 g/mol. The van der Waals surface area contributed by atoms with Crippen LogP contribution in [0.15, 0.2) is 81.4 Å². The van der Waals surface area contributed by atoms with Gasteiger partial charge < -0.3 is 4.57 Å². The van der Waals surface area contributed by atoms with Gasteiger partial charge in [-0.2, -0.15) is 0 Å². The molecule has 7 nitrogen and oxygen atoms in total. The molecule has 0 radical (unpaired) electrons. The molecule has 1 aromatic heterocycles. The van der Waals surface area contributed by atoms with Crippen LogP contribution >= 0.6 is 11.6 Å². The number of hydrogen-bond acceptors (Lipinski definition) is 5. The molecule has 10 heteroatoms. The lowest BCUT2D eigenvalue weighted by Crippen LogP contribution is -2.22. The number of benzene rings is 2. The number of sulfonamides is 1. The smallest absolute Gasteiger partial charge is 0.263 e. The zero-order valence-corrected chi connectivity index (χ0v) is 17.6. The van der Waals surface area contributed by atoms with Crippen molar-refractivity contribution in [3.8, 4) is 0 Å². The molecule has 0 bridgehead atoms. The van der Waals surface area contributed by atoms with Gasteiger partial charge in [0.05, 0.1) is 17.1 Å². The Morgan fingerprint density at radius 1 is 0.897 bits per heavy atom. The fourth-order valence-electron chi connectivity index (χ4n) is 2.71. The van der Waals surface area contributed by atoms with E-state index in [1.807, 2.05) is 0 Å². The number of hydrogen-bond donors (Lipinski definition) is 1. The first-order chi connectivity index (χ1) is 13.6. The van der Waals surface area contributed by atoms with Crippen LogP contribution in [0, 0.1) is 0 Å². The molecular weight excluding hydrogens is 436 g/mol. The Balaban J connectivity index is 1.97. The van der Waals surface area contributed by atoms with Gasteiger partial charge in [-0.1, -0.05) is 41.9 Å². The fourth-order valence-corrected chi connectivity index (χ4v) is 5.58. The lowest BCUT2D eigenvalue weighted by atomic mass is 10.2. The summed E-state index contributed by atoms with van der Waals surface area (Å²) in [5, 5.41) is 0.479. The molecule has 0 unspecified atom stereocenters. The number of nitrogens with one attached hydrogen (secondary N) is 1. The molecule has 1 heterocycles. The fraction of sp³-hybridized carbons (Fsp3) is 0.105. The summed E-state index contributed by atoms with van der Waals surface area (Å²) in [6, 6.07) is 14.8. The van der Waals surface area contributed by atoms with E-state index >= 15 is 0 Å². The van der Waals surface area contributed by atoms with Gasteiger partial charge in [0, 0.05) is 23.5 Å². The second kappa shape index (κ2) is 8.02. The lowest BCUT2D eigenvalue weighted by molar-refractivity contribution is 0.588. The quantitative estimate of drug-likeness (QED) is 0.619. The van der Waals surface area contributed by atoms with Gasteiger partial charge in [-0.15, -0.1) is 0 Å². The summed E-state index contributed by atoms with van der Waals surface area (Å²) in [6.07, 6.45) is 2.28. The Kier molecular flexibility index (Phi) is 5.83. The molecule has 0 saturated heterocycles. The van der Waals surface area contributed by atoms with Crippen LogP contribution in [-0.2, 0) is 26.4 Å². The third-order valence-electron chi connectivity index (χ3n) is 4.07. The summed E-state index contributed by atoms with van der Waals surface area (Å²) >= 11 is 6.13. The molecule has 152 valence electrons. The van der Waals surface area contributed by atoms with E-state index in [4.69, 9.17) is 11.6 Å². The van der Waals surface area contributed by atoms with Gasteiger partial charge in [0.2, 0.25) is 0 Å². The Morgan fingerprint density at radius 2 is 1.52 bits per heavy atom. The number of sulfone groups is 1. The lowest BCUT2D eigenvalue weighted by Gasteiger charge is -2.13. The van der Waals surface area contributed by atoms with Crippen LogP contribution in [0.25, 0.3) is 0 Å². The highest BCUT2D eigenvalue weighted by atomic mass is 35.5. The highest BCUT2D eigenvalue weighted by Gasteiger charge is 2.23. The second-order valence-corrected chi connectivity index (χ2v) is 10.3. The number of anilines is 1. The van der Waals surface area contributed by atoms with Crippen molar-refractivity contribution in [1.82, 2.24) is 4.57 Å². The van der Waals surface area contributed by atoms with Crippen molar-refractivity contribution < 1.29 is 16.8 Å². The van der Waals surface area contributed by atoms with Crippen molar-refractivity contribution in [2.75, 3.05) is 11.0 Å². The van der Waals surface area contributed by atoms with E-state index in [0.29, 0.717) is 10.6 Å². The number of pyridine rings is 1. The van der Waals surface area contributed by atoms with Gasteiger partial charge >= 0.3 is 0 Å². The van der Waals surface area contributed by atoms with Crippen molar-refractivity contribution in [3.63, 3.8) is 0 Å². The molecule has 0 aliphatic heterocycles. The van der Waals surface area contributed by atoms with Gasteiger partial charge in [0.1, 0.15) is 4.90 Å². The van der Waals surface area contributed by atoms with E-state index in [9.17, 15) is 21.6 Å². The summed E-state index contributed by atoms with van der Waals surface area (Å²) < 4.78 is 53.1. The first kappa shape index (κ1) is 21.1. The number of halogens is 1. The molecule has 0 saturated carbocycles. The van der Waals surface area contributed by atoms with Crippen LogP contribution in [0.3, 0.4) is 0 Å². The van der Waals surface area contributed by atoms with E-state index in [2.05, 4.69) is 4.72 Å². The first-order valence-electron chi connectivity index (χ1n) is 8.34. The normalized spacial score (nSPS) is 11.9. The van der Waals surface area contributed by atoms with E-state index < -0.39 is 19.9 Å². The Bertz CT molecular complexity index is 1330. The minimum atomic E-state index is -4.21. The van der Waals surface area contributed by atoms with Crippen LogP contribution in [-0.4, -0.2) is 27.7 Å². The molecule has 2 aromatic carbocycles. The van der Waals surface area contributed by atoms with Crippen molar-refractivity contribution in [3.05, 3.63) is 87.8 Å². The highest BCUT2D eigenvalue weighted by molar-refractivity contribution is 7.95. The predicted molar refractivity (Wildman–Crippen MR) is 112 cm³/mol. The van der Waals surface area contributed by atoms with E-state index in [-0.39, 0.29) is 27.6 Å². The maximum Gasteiger partial charge on any atom is 0.263 e. The molecule has 29 heavy (non-hydrogen) atoms. The van der Waals surface area contributed by atoms with Crippen LogP contribution < -0.4 is 10.3 Å². The highest BCUT2D eigenvalue weighted by Crippen LogP contribution is 2.23. The van der Waals surface area contributed by atoms with Gasteiger partial charge in [-0.05, 0) is 29.8 Å². The van der Waals surface area contributed by atoms with E-state index in [1.165, 1.54) is 47.2 Å². The summed E-state index contributed by atoms with van der Waals surface area (Å²) in [6.45, 7) is 0.147. The summed E-state index contributed by atoms with van der Waals surface area (Å²) in [5.74, 6) is 0. The van der Waals surface area contributed by atoms with Crippen molar-refractivity contribution >= 4 is 37.1 Å². The molecule has 0 amide bonds. The maximum atomic E-state index is 12.8. The minimum Gasteiger partial charge on any atom is -0.309 e. The van der Waals surface area contributed by atoms with Gasteiger partial charge in [0.25, 0.3) is 15.6 Å². The summed E-state index contributed by atoms with van der Waals surface area (Å²) in [5.41, 5.74) is 0.461. The molecule has 0 fully saturated rings. The van der Waals surface area contributed by atoms with Gasteiger partial charge in [0.15, 0.2) is 9.84 Å². The largest absolute Gasteiger partial charge is 0.309 e. The zero-order chi connectivity index (χ0) is 21.2. The molecule has 0 aliphatic carbocycles.